The zero-order chi connectivity index (χ0) is 11.2. The summed E-state index contributed by atoms with van der Waals surface area (Å²) in [7, 11) is -0.0647. The van der Waals surface area contributed by atoms with E-state index >= 15 is 0 Å². The number of rotatable bonds is 6. The zero-order valence-corrected chi connectivity index (χ0v) is 9.21. The predicted molar refractivity (Wildman–Crippen MR) is 53.2 cm³/mol. The van der Waals surface area contributed by atoms with Gasteiger partial charge in [0.2, 0.25) is 0 Å². The summed E-state index contributed by atoms with van der Waals surface area (Å²) in [4.78, 5) is 12.4. The molecule has 0 saturated carbocycles. The van der Waals surface area contributed by atoms with Crippen LogP contribution in [-0.2, 0) is 19.1 Å². The normalized spacial score (nSPS) is 11.4. The van der Waals surface area contributed by atoms with Gasteiger partial charge in [0.15, 0.2) is 0 Å². The fraction of sp³-hybridized carbons (Fsp3) is 0.625. The van der Waals surface area contributed by atoms with Crippen LogP contribution in [0.2, 0.25) is 0 Å². The molecule has 0 radical (unpaired) electrons. The van der Waals surface area contributed by atoms with Crippen LogP contribution in [0.5, 0.6) is 0 Å². The topological polar surface area (TPSA) is 63.7 Å². The third kappa shape index (κ3) is 6.62. The van der Waals surface area contributed by atoms with Crippen molar-refractivity contribution < 1.29 is 17.4 Å². The highest BCUT2D eigenvalue weighted by Gasteiger charge is 2.14. The Balaban J connectivity index is 3.96. The van der Waals surface area contributed by atoms with Gasteiger partial charge in [-0.25, -0.2) is 4.79 Å². The summed E-state index contributed by atoms with van der Waals surface area (Å²) in [6.07, 6.45) is 1.25. The second-order valence-electron chi connectivity index (χ2n) is 3.03. The number of hydrogen-bond acceptors (Lipinski definition) is 5. The first-order chi connectivity index (χ1) is 6.37. The van der Waals surface area contributed by atoms with Crippen molar-refractivity contribution in [3.63, 3.8) is 0 Å². The van der Waals surface area contributed by atoms with Gasteiger partial charge in [-0.1, -0.05) is 6.58 Å². The smallest absolute Gasteiger partial charge is 0.342 e. The lowest BCUT2D eigenvalue weighted by Crippen LogP contribution is -2.19. The molecule has 0 aliphatic rings. The Labute approximate surface area is 84.5 Å². The zero-order valence-electron chi connectivity index (χ0n) is 8.39. The van der Waals surface area contributed by atoms with E-state index in [0.29, 0.717) is 13.0 Å². The van der Waals surface area contributed by atoms with Crippen LogP contribution in [0.3, 0.4) is 0 Å². The van der Waals surface area contributed by atoms with E-state index < -0.39 is 16.1 Å². The molecule has 0 amide bonds. The van der Waals surface area contributed by atoms with Gasteiger partial charge in [-0.05, 0) is 27.1 Å². The van der Waals surface area contributed by atoms with E-state index in [-0.39, 0.29) is 5.75 Å². The van der Waals surface area contributed by atoms with Crippen molar-refractivity contribution in [1.29, 1.82) is 0 Å². The molecule has 82 valence electrons. The minimum atomic E-state index is -3.74. The second kappa shape index (κ2) is 5.77. The van der Waals surface area contributed by atoms with Crippen molar-refractivity contribution in [2.45, 2.75) is 6.42 Å². The Morgan fingerprint density at radius 1 is 1.50 bits per heavy atom. The van der Waals surface area contributed by atoms with Crippen LogP contribution in [-0.4, -0.2) is 45.7 Å². The molecule has 0 spiro atoms. The summed E-state index contributed by atoms with van der Waals surface area (Å²) in [6, 6.07) is 0. The highest BCUT2D eigenvalue weighted by molar-refractivity contribution is 7.87. The third-order valence-corrected chi connectivity index (χ3v) is 2.58. The third-order valence-electron chi connectivity index (χ3n) is 1.38. The lowest BCUT2D eigenvalue weighted by atomic mass is 10.5. The van der Waals surface area contributed by atoms with Gasteiger partial charge in [-0.3, -0.25) is 0 Å². The van der Waals surface area contributed by atoms with Crippen molar-refractivity contribution in [3.05, 3.63) is 12.7 Å². The van der Waals surface area contributed by atoms with Crippen molar-refractivity contribution in [1.82, 2.24) is 4.90 Å². The molecule has 0 saturated heterocycles. The van der Waals surface area contributed by atoms with Crippen LogP contribution in [0.25, 0.3) is 0 Å². The fourth-order valence-electron chi connectivity index (χ4n) is 0.758. The van der Waals surface area contributed by atoms with Gasteiger partial charge in [-0.15, -0.1) is 0 Å². The Morgan fingerprint density at radius 2 is 2.07 bits per heavy atom. The Morgan fingerprint density at radius 3 is 2.50 bits per heavy atom. The summed E-state index contributed by atoms with van der Waals surface area (Å²) in [5.74, 6) is -1.10. The maximum atomic E-state index is 11.1. The first-order valence-corrected chi connectivity index (χ1v) is 5.68. The predicted octanol–water partition coefficient (Wildman–Crippen LogP) is -0.00290. The molecule has 0 bridgehead atoms. The quantitative estimate of drug-likeness (QED) is 0.466. The second-order valence-corrected chi connectivity index (χ2v) is 4.72. The first-order valence-electron chi connectivity index (χ1n) is 4.10. The highest BCUT2D eigenvalue weighted by Crippen LogP contribution is 1.98. The van der Waals surface area contributed by atoms with Gasteiger partial charge in [0.1, 0.15) is 0 Å². The molecule has 0 aliphatic carbocycles. The number of carbonyl (C=O) groups is 1. The summed E-state index contributed by atoms with van der Waals surface area (Å²) in [6.45, 7) is 3.74. The van der Waals surface area contributed by atoms with Crippen molar-refractivity contribution >= 4 is 16.1 Å². The maximum absolute atomic E-state index is 11.1. The fourth-order valence-corrected chi connectivity index (χ4v) is 1.64. The molecule has 5 nitrogen and oxygen atoms in total. The summed E-state index contributed by atoms with van der Waals surface area (Å²) < 4.78 is 26.3. The lowest BCUT2D eigenvalue weighted by molar-refractivity contribution is -0.128. The SMILES string of the molecule is C=CC(=O)OS(=O)(=O)CCCN(C)C. The molecule has 6 heteroatoms. The van der Waals surface area contributed by atoms with Crippen LogP contribution in [0.4, 0.5) is 0 Å². The van der Waals surface area contributed by atoms with Crippen molar-refractivity contribution in [2.24, 2.45) is 0 Å². The van der Waals surface area contributed by atoms with Crippen LogP contribution in [0.15, 0.2) is 12.7 Å². The highest BCUT2D eigenvalue weighted by atomic mass is 32.2. The standard InChI is InChI=1S/C8H15NO4S/c1-4-8(10)13-14(11,12)7-5-6-9(2)3/h4H,1,5-7H2,2-3H3. The number of hydrogen-bond donors (Lipinski definition) is 0. The molecular formula is C8H15NO4S. The van der Waals surface area contributed by atoms with Crippen LogP contribution < -0.4 is 0 Å². The minimum Gasteiger partial charge on any atom is -0.342 e. The minimum absolute atomic E-state index is 0.162. The molecule has 0 N–H and O–H groups in total. The van der Waals surface area contributed by atoms with Gasteiger partial charge in [-0.2, -0.15) is 8.42 Å². The van der Waals surface area contributed by atoms with Crippen molar-refractivity contribution in [3.8, 4) is 0 Å². The first kappa shape index (κ1) is 13.1. The van der Waals surface area contributed by atoms with E-state index in [1.807, 2.05) is 19.0 Å². The molecular weight excluding hydrogens is 206 g/mol. The van der Waals surface area contributed by atoms with E-state index in [4.69, 9.17) is 0 Å². The number of carbonyl (C=O) groups excluding carboxylic acids is 1. The number of nitrogens with zero attached hydrogens (tertiary/aromatic N) is 1. The van der Waals surface area contributed by atoms with Crippen LogP contribution in [0.1, 0.15) is 6.42 Å². The average Bonchev–Trinajstić information content (AvgIpc) is 2.02. The maximum Gasteiger partial charge on any atom is 0.345 e. The van der Waals surface area contributed by atoms with Crippen molar-refractivity contribution in [2.75, 3.05) is 26.4 Å². The largest absolute Gasteiger partial charge is 0.345 e. The molecule has 0 aliphatic heterocycles. The van der Waals surface area contributed by atoms with Gasteiger partial charge >= 0.3 is 16.1 Å². The van der Waals surface area contributed by atoms with Gasteiger partial charge in [0.25, 0.3) is 0 Å². The van der Waals surface area contributed by atoms with Gasteiger partial charge in [0.05, 0.1) is 5.75 Å². The molecule has 0 aromatic carbocycles. The molecule has 0 unspecified atom stereocenters. The molecule has 0 fully saturated rings. The molecule has 0 atom stereocenters. The molecule has 0 heterocycles. The average molecular weight is 221 g/mol. The van der Waals surface area contributed by atoms with E-state index in [2.05, 4.69) is 10.8 Å². The van der Waals surface area contributed by atoms with E-state index in [0.717, 1.165) is 6.08 Å². The van der Waals surface area contributed by atoms with Gasteiger partial charge < -0.3 is 9.08 Å². The molecule has 0 aromatic rings. The Bertz CT molecular complexity index is 294. The Kier molecular flexibility index (Phi) is 5.40. The Hall–Kier alpha value is -0.880. The lowest BCUT2D eigenvalue weighted by Gasteiger charge is -2.08. The van der Waals surface area contributed by atoms with E-state index in [9.17, 15) is 13.2 Å². The van der Waals surface area contributed by atoms with Gasteiger partial charge in [0, 0.05) is 6.08 Å². The van der Waals surface area contributed by atoms with Crippen LogP contribution in [0, 0.1) is 0 Å². The van der Waals surface area contributed by atoms with E-state index in [1.165, 1.54) is 0 Å². The summed E-state index contributed by atoms with van der Waals surface area (Å²) >= 11 is 0. The summed E-state index contributed by atoms with van der Waals surface area (Å²) in [5, 5.41) is 0. The molecule has 0 aromatic heterocycles. The summed E-state index contributed by atoms with van der Waals surface area (Å²) in [5.41, 5.74) is 0. The molecule has 0 rings (SSSR count). The molecule has 14 heavy (non-hydrogen) atoms. The van der Waals surface area contributed by atoms with Crippen LogP contribution >= 0.6 is 0 Å². The van der Waals surface area contributed by atoms with E-state index in [1.54, 1.807) is 0 Å². The monoisotopic (exact) mass is 221 g/mol.